The summed E-state index contributed by atoms with van der Waals surface area (Å²) in [5.74, 6) is 0.536. The SMILES string of the molecule is Cc1cccc(OCC(=O)NC2CC(=O)N(C)C2)c1. The number of likely N-dealkylation sites (N-methyl/N-ethyl adjacent to an activating group) is 1. The molecule has 1 aromatic rings. The van der Waals surface area contributed by atoms with Crippen LogP contribution in [0.25, 0.3) is 0 Å². The number of carbonyl (C=O) groups is 2. The lowest BCUT2D eigenvalue weighted by Gasteiger charge is -2.13. The van der Waals surface area contributed by atoms with E-state index in [1.165, 1.54) is 0 Å². The van der Waals surface area contributed by atoms with Crippen LogP contribution in [0.4, 0.5) is 0 Å². The Morgan fingerprint density at radius 2 is 2.32 bits per heavy atom. The Bertz CT molecular complexity index is 487. The Morgan fingerprint density at radius 3 is 2.95 bits per heavy atom. The summed E-state index contributed by atoms with van der Waals surface area (Å²) in [5.41, 5.74) is 1.08. The number of carbonyl (C=O) groups excluding carboxylic acids is 2. The van der Waals surface area contributed by atoms with Gasteiger partial charge in [0.25, 0.3) is 5.91 Å². The fraction of sp³-hybridized carbons (Fsp3) is 0.429. The number of nitrogens with zero attached hydrogens (tertiary/aromatic N) is 1. The van der Waals surface area contributed by atoms with Gasteiger partial charge in [-0.1, -0.05) is 12.1 Å². The number of rotatable bonds is 4. The molecule has 1 N–H and O–H groups in total. The molecule has 0 radical (unpaired) electrons. The summed E-state index contributed by atoms with van der Waals surface area (Å²) in [7, 11) is 1.73. The van der Waals surface area contributed by atoms with Gasteiger partial charge in [-0.3, -0.25) is 9.59 Å². The molecule has 2 rings (SSSR count). The standard InChI is InChI=1S/C14H18N2O3/c1-10-4-3-5-12(6-10)19-9-13(17)15-11-7-14(18)16(2)8-11/h3-6,11H,7-9H2,1-2H3,(H,15,17). The first kappa shape index (κ1) is 13.4. The highest BCUT2D eigenvalue weighted by molar-refractivity contribution is 5.82. The summed E-state index contributed by atoms with van der Waals surface area (Å²) in [6, 6.07) is 7.43. The highest BCUT2D eigenvalue weighted by Crippen LogP contribution is 2.12. The lowest BCUT2D eigenvalue weighted by molar-refractivity contribution is -0.126. The fourth-order valence-electron chi connectivity index (χ4n) is 2.08. The topological polar surface area (TPSA) is 58.6 Å². The van der Waals surface area contributed by atoms with E-state index in [9.17, 15) is 9.59 Å². The Labute approximate surface area is 112 Å². The van der Waals surface area contributed by atoms with Gasteiger partial charge in [-0.15, -0.1) is 0 Å². The van der Waals surface area contributed by atoms with Gasteiger partial charge >= 0.3 is 0 Å². The van der Waals surface area contributed by atoms with E-state index in [0.717, 1.165) is 5.56 Å². The molecule has 0 bridgehead atoms. The van der Waals surface area contributed by atoms with Gasteiger partial charge in [0.15, 0.2) is 6.61 Å². The molecule has 1 saturated heterocycles. The van der Waals surface area contributed by atoms with E-state index in [2.05, 4.69) is 5.32 Å². The second-order valence-corrected chi connectivity index (χ2v) is 4.85. The van der Waals surface area contributed by atoms with Crippen molar-refractivity contribution in [2.45, 2.75) is 19.4 Å². The van der Waals surface area contributed by atoms with Gasteiger partial charge in [0.2, 0.25) is 5.91 Å². The summed E-state index contributed by atoms with van der Waals surface area (Å²) >= 11 is 0. The maximum atomic E-state index is 11.7. The number of nitrogens with one attached hydrogen (secondary N) is 1. The van der Waals surface area contributed by atoms with Gasteiger partial charge < -0.3 is 15.0 Å². The van der Waals surface area contributed by atoms with Crippen molar-refractivity contribution >= 4 is 11.8 Å². The Kier molecular flexibility index (Phi) is 4.04. The van der Waals surface area contributed by atoms with Crippen LogP contribution >= 0.6 is 0 Å². The zero-order chi connectivity index (χ0) is 13.8. The van der Waals surface area contributed by atoms with Crippen LogP contribution in [0.1, 0.15) is 12.0 Å². The Hall–Kier alpha value is -2.04. The molecule has 0 spiro atoms. The van der Waals surface area contributed by atoms with Crippen LogP contribution in [-0.2, 0) is 9.59 Å². The highest BCUT2D eigenvalue weighted by Gasteiger charge is 2.27. The van der Waals surface area contributed by atoms with Crippen molar-refractivity contribution in [1.29, 1.82) is 0 Å². The molecule has 1 aliphatic rings. The molecule has 0 saturated carbocycles. The summed E-state index contributed by atoms with van der Waals surface area (Å²) < 4.78 is 5.40. The maximum absolute atomic E-state index is 11.7. The van der Waals surface area contributed by atoms with Crippen molar-refractivity contribution in [3.05, 3.63) is 29.8 Å². The van der Waals surface area contributed by atoms with E-state index in [1.807, 2.05) is 31.2 Å². The predicted molar refractivity (Wildman–Crippen MR) is 70.9 cm³/mol. The van der Waals surface area contributed by atoms with Crippen molar-refractivity contribution in [2.75, 3.05) is 20.2 Å². The number of hydrogen-bond donors (Lipinski definition) is 1. The van der Waals surface area contributed by atoms with Crippen LogP contribution in [0.3, 0.4) is 0 Å². The molecule has 1 unspecified atom stereocenters. The number of ether oxygens (including phenoxy) is 1. The first-order valence-electron chi connectivity index (χ1n) is 6.27. The molecule has 0 aliphatic carbocycles. The van der Waals surface area contributed by atoms with Crippen molar-refractivity contribution in [1.82, 2.24) is 10.2 Å². The van der Waals surface area contributed by atoms with E-state index >= 15 is 0 Å². The second kappa shape index (κ2) is 5.73. The van der Waals surface area contributed by atoms with Crippen LogP contribution < -0.4 is 10.1 Å². The van der Waals surface area contributed by atoms with E-state index in [4.69, 9.17) is 4.74 Å². The number of benzene rings is 1. The van der Waals surface area contributed by atoms with Crippen LogP contribution in [0, 0.1) is 6.92 Å². The van der Waals surface area contributed by atoms with E-state index in [0.29, 0.717) is 18.7 Å². The minimum atomic E-state index is -0.199. The fourth-order valence-corrected chi connectivity index (χ4v) is 2.08. The number of hydrogen-bond acceptors (Lipinski definition) is 3. The largest absolute Gasteiger partial charge is 0.484 e. The predicted octanol–water partition coefficient (Wildman–Crippen LogP) is 0.721. The van der Waals surface area contributed by atoms with Crippen molar-refractivity contribution < 1.29 is 14.3 Å². The summed E-state index contributed by atoms with van der Waals surface area (Å²) in [6.45, 7) is 2.50. The smallest absolute Gasteiger partial charge is 0.258 e. The third-order valence-corrected chi connectivity index (χ3v) is 3.07. The zero-order valence-electron chi connectivity index (χ0n) is 11.2. The summed E-state index contributed by atoms with van der Waals surface area (Å²) in [6.07, 6.45) is 0.368. The van der Waals surface area contributed by atoms with Crippen LogP contribution in [0.2, 0.25) is 0 Å². The highest BCUT2D eigenvalue weighted by atomic mass is 16.5. The molecule has 102 valence electrons. The lowest BCUT2D eigenvalue weighted by atomic mass is 10.2. The van der Waals surface area contributed by atoms with Gasteiger partial charge in [-0.05, 0) is 24.6 Å². The van der Waals surface area contributed by atoms with Gasteiger partial charge in [0.05, 0.1) is 6.04 Å². The molecule has 1 atom stereocenters. The van der Waals surface area contributed by atoms with Crippen LogP contribution in [-0.4, -0.2) is 43.0 Å². The second-order valence-electron chi connectivity index (χ2n) is 4.85. The van der Waals surface area contributed by atoms with E-state index in [-0.39, 0.29) is 24.5 Å². The quantitative estimate of drug-likeness (QED) is 0.870. The van der Waals surface area contributed by atoms with Gasteiger partial charge in [0, 0.05) is 20.0 Å². The summed E-state index contributed by atoms with van der Waals surface area (Å²) in [5, 5.41) is 2.80. The first-order valence-corrected chi connectivity index (χ1v) is 6.27. The van der Waals surface area contributed by atoms with Crippen molar-refractivity contribution in [2.24, 2.45) is 0 Å². The van der Waals surface area contributed by atoms with Gasteiger partial charge in [-0.25, -0.2) is 0 Å². The molecular weight excluding hydrogens is 244 g/mol. The van der Waals surface area contributed by atoms with Crippen molar-refractivity contribution in [3.8, 4) is 5.75 Å². The zero-order valence-corrected chi connectivity index (χ0v) is 11.2. The molecule has 1 aliphatic heterocycles. The number of aryl methyl sites for hydroxylation is 1. The average Bonchev–Trinajstić information content (AvgIpc) is 2.66. The van der Waals surface area contributed by atoms with Crippen LogP contribution in [0.5, 0.6) is 5.75 Å². The molecular formula is C14H18N2O3. The molecule has 1 aromatic carbocycles. The summed E-state index contributed by atoms with van der Waals surface area (Å²) in [4.78, 5) is 24.6. The molecule has 0 aromatic heterocycles. The van der Waals surface area contributed by atoms with Crippen molar-refractivity contribution in [3.63, 3.8) is 0 Å². The Balaban J connectivity index is 1.78. The molecule has 1 fully saturated rings. The molecule has 1 heterocycles. The van der Waals surface area contributed by atoms with E-state index < -0.39 is 0 Å². The third kappa shape index (κ3) is 3.71. The normalized spacial score (nSPS) is 18.5. The first-order chi connectivity index (χ1) is 9.04. The maximum Gasteiger partial charge on any atom is 0.258 e. The van der Waals surface area contributed by atoms with E-state index in [1.54, 1.807) is 11.9 Å². The molecule has 5 nitrogen and oxygen atoms in total. The monoisotopic (exact) mass is 262 g/mol. The number of amides is 2. The minimum absolute atomic E-state index is 0.0299. The minimum Gasteiger partial charge on any atom is -0.484 e. The molecule has 5 heteroatoms. The Morgan fingerprint density at radius 1 is 1.53 bits per heavy atom. The molecule has 19 heavy (non-hydrogen) atoms. The van der Waals surface area contributed by atoms with Gasteiger partial charge in [-0.2, -0.15) is 0 Å². The van der Waals surface area contributed by atoms with Gasteiger partial charge in [0.1, 0.15) is 5.75 Å². The van der Waals surface area contributed by atoms with Crippen LogP contribution in [0.15, 0.2) is 24.3 Å². The average molecular weight is 262 g/mol. The molecule has 2 amide bonds. The lowest BCUT2D eigenvalue weighted by Crippen LogP contribution is -2.39. The third-order valence-electron chi connectivity index (χ3n) is 3.07. The number of likely N-dealkylation sites (tertiary alicyclic amines) is 1.